The van der Waals surface area contributed by atoms with Crippen LogP contribution in [0.15, 0.2) is 72.8 Å². The molecule has 0 bridgehead atoms. The number of urea groups is 1. The quantitative estimate of drug-likeness (QED) is 0.695. The molecule has 3 aromatic carbocycles. The van der Waals surface area contributed by atoms with Gasteiger partial charge < -0.3 is 14.8 Å². The number of benzene rings is 3. The van der Waals surface area contributed by atoms with Crippen molar-refractivity contribution in [3.8, 4) is 22.6 Å². The van der Waals surface area contributed by atoms with Gasteiger partial charge in [-0.15, -0.1) is 0 Å². The van der Waals surface area contributed by atoms with E-state index < -0.39 is 11.9 Å². The van der Waals surface area contributed by atoms with Crippen LogP contribution in [0.2, 0.25) is 0 Å². The molecule has 2 N–H and O–H groups in total. The Morgan fingerprint density at radius 1 is 0.786 bits per heavy atom. The summed E-state index contributed by atoms with van der Waals surface area (Å²) in [6.45, 7) is 0. The first-order chi connectivity index (χ1) is 13.6. The van der Waals surface area contributed by atoms with E-state index in [9.17, 15) is 9.59 Å². The Morgan fingerprint density at radius 3 is 2.18 bits per heavy atom. The summed E-state index contributed by atoms with van der Waals surface area (Å²) in [6, 6.07) is 21.1. The fourth-order valence-electron chi connectivity index (χ4n) is 2.79. The van der Waals surface area contributed by atoms with Crippen LogP contribution in [0.5, 0.6) is 11.5 Å². The maximum absolute atomic E-state index is 12.3. The van der Waals surface area contributed by atoms with Crippen LogP contribution in [0.1, 0.15) is 10.4 Å². The molecule has 6 nitrogen and oxygen atoms in total. The van der Waals surface area contributed by atoms with Gasteiger partial charge in [0.2, 0.25) is 0 Å². The van der Waals surface area contributed by atoms with Crippen molar-refractivity contribution >= 4 is 17.6 Å². The summed E-state index contributed by atoms with van der Waals surface area (Å²) in [5.74, 6) is 0.449. The molecule has 3 amide bonds. The SMILES string of the molecule is COc1ccccc1C(=O)NC(=O)Nc1ccc(-c2ccccc2)c(OC)c1. The molecule has 0 atom stereocenters. The van der Waals surface area contributed by atoms with Crippen LogP contribution in [-0.2, 0) is 0 Å². The molecule has 0 aliphatic carbocycles. The van der Waals surface area contributed by atoms with Crippen LogP contribution in [0, 0.1) is 0 Å². The van der Waals surface area contributed by atoms with E-state index in [1.165, 1.54) is 7.11 Å². The Morgan fingerprint density at radius 2 is 1.46 bits per heavy atom. The minimum atomic E-state index is -0.648. The van der Waals surface area contributed by atoms with Crippen molar-refractivity contribution in [1.29, 1.82) is 0 Å². The minimum Gasteiger partial charge on any atom is -0.496 e. The second-order valence-electron chi connectivity index (χ2n) is 5.89. The Balaban J connectivity index is 1.73. The molecular weight excluding hydrogens is 356 g/mol. The average molecular weight is 376 g/mol. The summed E-state index contributed by atoms with van der Waals surface area (Å²) in [5, 5.41) is 4.94. The number of amides is 3. The highest BCUT2D eigenvalue weighted by Gasteiger charge is 2.15. The topological polar surface area (TPSA) is 76.7 Å². The third kappa shape index (κ3) is 4.29. The fraction of sp³-hybridized carbons (Fsp3) is 0.0909. The van der Waals surface area contributed by atoms with Crippen molar-refractivity contribution < 1.29 is 19.1 Å². The highest BCUT2D eigenvalue weighted by atomic mass is 16.5. The summed E-state index contributed by atoms with van der Waals surface area (Å²) in [7, 11) is 3.03. The number of methoxy groups -OCH3 is 2. The summed E-state index contributed by atoms with van der Waals surface area (Å²) in [6.07, 6.45) is 0. The lowest BCUT2D eigenvalue weighted by Gasteiger charge is -2.12. The zero-order valence-electron chi connectivity index (χ0n) is 15.6. The predicted molar refractivity (Wildman–Crippen MR) is 108 cm³/mol. The highest BCUT2D eigenvalue weighted by Crippen LogP contribution is 2.32. The molecule has 3 aromatic rings. The number of anilines is 1. The summed E-state index contributed by atoms with van der Waals surface area (Å²) in [4.78, 5) is 24.5. The number of nitrogens with one attached hydrogen (secondary N) is 2. The van der Waals surface area contributed by atoms with Gasteiger partial charge in [0, 0.05) is 17.3 Å². The molecule has 0 fully saturated rings. The molecule has 28 heavy (non-hydrogen) atoms. The van der Waals surface area contributed by atoms with Crippen molar-refractivity contribution in [2.24, 2.45) is 0 Å². The maximum Gasteiger partial charge on any atom is 0.326 e. The van der Waals surface area contributed by atoms with E-state index in [0.717, 1.165) is 11.1 Å². The van der Waals surface area contributed by atoms with Gasteiger partial charge in [-0.3, -0.25) is 10.1 Å². The third-order valence-corrected chi connectivity index (χ3v) is 4.12. The fourth-order valence-corrected chi connectivity index (χ4v) is 2.79. The summed E-state index contributed by atoms with van der Waals surface area (Å²) >= 11 is 0. The zero-order chi connectivity index (χ0) is 19.9. The van der Waals surface area contributed by atoms with Crippen molar-refractivity contribution in [2.75, 3.05) is 19.5 Å². The molecule has 0 spiro atoms. The molecular formula is C22H20N2O4. The number of carbonyl (C=O) groups excluding carboxylic acids is 2. The van der Waals surface area contributed by atoms with Gasteiger partial charge in [-0.1, -0.05) is 42.5 Å². The van der Waals surface area contributed by atoms with E-state index >= 15 is 0 Å². The number of hydrogen-bond acceptors (Lipinski definition) is 4. The smallest absolute Gasteiger partial charge is 0.326 e. The molecule has 0 aliphatic heterocycles. The van der Waals surface area contributed by atoms with E-state index in [2.05, 4.69) is 10.6 Å². The number of para-hydroxylation sites is 1. The maximum atomic E-state index is 12.3. The lowest BCUT2D eigenvalue weighted by Crippen LogP contribution is -2.34. The number of carbonyl (C=O) groups is 2. The van der Waals surface area contributed by atoms with Crippen LogP contribution in [0.3, 0.4) is 0 Å². The normalized spacial score (nSPS) is 10.1. The van der Waals surface area contributed by atoms with Gasteiger partial charge in [-0.25, -0.2) is 4.79 Å². The first-order valence-corrected chi connectivity index (χ1v) is 8.61. The van der Waals surface area contributed by atoms with Crippen LogP contribution < -0.4 is 20.1 Å². The molecule has 0 heterocycles. The minimum absolute atomic E-state index is 0.275. The van der Waals surface area contributed by atoms with E-state index in [0.29, 0.717) is 17.2 Å². The second kappa shape index (κ2) is 8.73. The molecule has 142 valence electrons. The molecule has 3 rings (SSSR count). The van der Waals surface area contributed by atoms with Gasteiger partial charge in [-0.05, 0) is 29.8 Å². The van der Waals surface area contributed by atoms with Gasteiger partial charge in [0.15, 0.2) is 0 Å². The molecule has 0 radical (unpaired) electrons. The lowest BCUT2D eigenvalue weighted by atomic mass is 10.0. The standard InChI is InChI=1S/C22H20N2O4/c1-27-19-11-7-6-10-18(19)21(25)24-22(26)23-16-12-13-17(20(14-16)28-2)15-8-4-3-5-9-15/h3-14H,1-2H3,(H2,23,24,25,26). The molecule has 6 heteroatoms. The molecule has 0 aliphatic rings. The number of rotatable bonds is 5. The van der Waals surface area contributed by atoms with E-state index in [4.69, 9.17) is 9.47 Å². The van der Waals surface area contributed by atoms with Crippen LogP contribution >= 0.6 is 0 Å². The Kier molecular flexibility index (Phi) is 5.91. The Labute approximate surface area is 163 Å². The van der Waals surface area contributed by atoms with E-state index in [1.54, 1.807) is 43.5 Å². The first kappa shape index (κ1) is 19.0. The average Bonchev–Trinajstić information content (AvgIpc) is 2.74. The molecule has 0 saturated carbocycles. The van der Waals surface area contributed by atoms with E-state index in [1.807, 2.05) is 36.4 Å². The van der Waals surface area contributed by atoms with Gasteiger partial charge in [-0.2, -0.15) is 0 Å². The summed E-state index contributed by atoms with van der Waals surface area (Å²) in [5.41, 5.74) is 2.68. The number of hydrogen-bond donors (Lipinski definition) is 2. The van der Waals surface area contributed by atoms with Crippen molar-refractivity contribution in [2.45, 2.75) is 0 Å². The van der Waals surface area contributed by atoms with Gasteiger partial charge >= 0.3 is 6.03 Å². The zero-order valence-corrected chi connectivity index (χ0v) is 15.6. The van der Waals surface area contributed by atoms with Gasteiger partial charge in [0.25, 0.3) is 5.91 Å². The molecule has 0 aromatic heterocycles. The highest BCUT2D eigenvalue weighted by molar-refractivity contribution is 6.09. The largest absolute Gasteiger partial charge is 0.496 e. The number of ether oxygens (including phenoxy) is 2. The third-order valence-electron chi connectivity index (χ3n) is 4.12. The monoisotopic (exact) mass is 376 g/mol. The second-order valence-corrected chi connectivity index (χ2v) is 5.89. The van der Waals surface area contributed by atoms with Gasteiger partial charge in [0.05, 0.1) is 19.8 Å². The van der Waals surface area contributed by atoms with Crippen LogP contribution in [-0.4, -0.2) is 26.2 Å². The van der Waals surface area contributed by atoms with Crippen LogP contribution in [0.4, 0.5) is 10.5 Å². The van der Waals surface area contributed by atoms with Crippen molar-refractivity contribution in [1.82, 2.24) is 5.32 Å². The first-order valence-electron chi connectivity index (χ1n) is 8.61. The molecule has 0 unspecified atom stereocenters. The summed E-state index contributed by atoms with van der Waals surface area (Å²) < 4.78 is 10.6. The number of imide groups is 1. The lowest BCUT2D eigenvalue weighted by molar-refractivity contribution is 0.0964. The van der Waals surface area contributed by atoms with Gasteiger partial charge in [0.1, 0.15) is 11.5 Å². The Bertz CT molecular complexity index is 987. The van der Waals surface area contributed by atoms with Crippen molar-refractivity contribution in [3.05, 3.63) is 78.4 Å². The van der Waals surface area contributed by atoms with Crippen LogP contribution in [0.25, 0.3) is 11.1 Å². The predicted octanol–water partition coefficient (Wildman–Crippen LogP) is 4.33. The molecule has 0 saturated heterocycles. The van der Waals surface area contributed by atoms with E-state index in [-0.39, 0.29) is 5.56 Å². The Hall–Kier alpha value is -3.80. The van der Waals surface area contributed by atoms with Crippen molar-refractivity contribution in [3.63, 3.8) is 0 Å².